The SMILES string of the molecule is CCc1cc2cc(-c3cnc4c(C(=O)O)cnn4c3C3CCCCC3)ccc2o1. The van der Waals surface area contributed by atoms with Crippen LogP contribution >= 0.6 is 0 Å². The van der Waals surface area contributed by atoms with Crippen molar-refractivity contribution in [2.75, 3.05) is 0 Å². The van der Waals surface area contributed by atoms with Gasteiger partial charge in [0.05, 0.1) is 11.9 Å². The molecular weight excluding hydrogens is 366 g/mol. The Morgan fingerprint density at radius 1 is 1.21 bits per heavy atom. The summed E-state index contributed by atoms with van der Waals surface area (Å²) in [4.78, 5) is 16.1. The van der Waals surface area contributed by atoms with E-state index in [0.29, 0.717) is 11.6 Å². The molecule has 0 unspecified atom stereocenters. The lowest BCUT2D eigenvalue weighted by atomic mass is 9.84. The smallest absolute Gasteiger partial charge is 0.341 e. The molecule has 6 nitrogen and oxygen atoms in total. The molecule has 0 aliphatic heterocycles. The zero-order chi connectivity index (χ0) is 20.0. The molecule has 3 aromatic heterocycles. The van der Waals surface area contributed by atoms with E-state index in [1.165, 1.54) is 25.5 Å². The van der Waals surface area contributed by atoms with Gasteiger partial charge >= 0.3 is 5.97 Å². The van der Waals surface area contributed by atoms with E-state index in [1.807, 2.05) is 12.3 Å². The van der Waals surface area contributed by atoms with Crippen LogP contribution in [-0.4, -0.2) is 25.7 Å². The molecule has 0 bridgehead atoms. The first kappa shape index (κ1) is 17.9. The Hall–Kier alpha value is -3.15. The number of carboxylic acid groups (broad SMARTS) is 1. The fraction of sp³-hybridized carbons (Fsp3) is 0.348. The maximum atomic E-state index is 11.6. The third-order valence-corrected chi connectivity index (χ3v) is 6.01. The summed E-state index contributed by atoms with van der Waals surface area (Å²) in [5.41, 5.74) is 4.59. The Balaban J connectivity index is 1.73. The maximum absolute atomic E-state index is 11.6. The number of furan rings is 1. The lowest BCUT2D eigenvalue weighted by Gasteiger charge is -2.25. The predicted octanol–water partition coefficient (Wildman–Crippen LogP) is 5.45. The van der Waals surface area contributed by atoms with Crippen LogP contribution in [0.25, 0.3) is 27.7 Å². The van der Waals surface area contributed by atoms with Crippen LogP contribution in [0.15, 0.2) is 41.1 Å². The topological polar surface area (TPSA) is 80.6 Å². The average Bonchev–Trinajstić information content (AvgIpc) is 3.36. The van der Waals surface area contributed by atoms with Gasteiger partial charge in [-0.3, -0.25) is 0 Å². The number of carboxylic acids is 1. The molecule has 0 spiro atoms. The van der Waals surface area contributed by atoms with Crippen molar-refractivity contribution in [3.05, 3.63) is 53.7 Å². The minimum absolute atomic E-state index is 0.145. The van der Waals surface area contributed by atoms with Crippen LogP contribution in [0.2, 0.25) is 0 Å². The van der Waals surface area contributed by atoms with Crippen LogP contribution in [0.4, 0.5) is 0 Å². The Kier molecular flexibility index (Phi) is 4.34. The molecule has 0 saturated heterocycles. The summed E-state index contributed by atoms with van der Waals surface area (Å²) in [5.74, 6) is 0.315. The molecule has 0 amide bonds. The number of benzene rings is 1. The summed E-state index contributed by atoms with van der Waals surface area (Å²) in [6, 6.07) is 8.28. The van der Waals surface area contributed by atoms with Crippen molar-refractivity contribution in [3.8, 4) is 11.1 Å². The van der Waals surface area contributed by atoms with Gasteiger partial charge in [-0.2, -0.15) is 5.10 Å². The van der Waals surface area contributed by atoms with Crippen molar-refractivity contribution in [1.29, 1.82) is 0 Å². The fourth-order valence-electron chi connectivity index (χ4n) is 4.53. The van der Waals surface area contributed by atoms with Crippen molar-refractivity contribution in [2.45, 2.75) is 51.4 Å². The van der Waals surface area contributed by atoms with Gasteiger partial charge in [0.25, 0.3) is 0 Å². The van der Waals surface area contributed by atoms with Crippen molar-refractivity contribution >= 4 is 22.6 Å². The number of nitrogens with zero attached hydrogens (tertiary/aromatic N) is 3. The number of aryl methyl sites for hydroxylation is 1. The van der Waals surface area contributed by atoms with E-state index in [9.17, 15) is 9.90 Å². The first-order valence-electron chi connectivity index (χ1n) is 10.3. The number of aromatic nitrogens is 3. The van der Waals surface area contributed by atoms with E-state index in [2.05, 4.69) is 35.2 Å². The minimum atomic E-state index is -0.998. The van der Waals surface area contributed by atoms with Crippen molar-refractivity contribution in [2.24, 2.45) is 0 Å². The van der Waals surface area contributed by atoms with Crippen LogP contribution in [0.3, 0.4) is 0 Å². The van der Waals surface area contributed by atoms with Crippen molar-refractivity contribution < 1.29 is 14.3 Å². The van der Waals surface area contributed by atoms with Gasteiger partial charge < -0.3 is 9.52 Å². The average molecular weight is 389 g/mol. The fourth-order valence-corrected chi connectivity index (χ4v) is 4.53. The number of aromatic carboxylic acids is 1. The zero-order valence-electron chi connectivity index (χ0n) is 16.4. The quantitative estimate of drug-likeness (QED) is 0.502. The zero-order valence-corrected chi connectivity index (χ0v) is 16.4. The summed E-state index contributed by atoms with van der Waals surface area (Å²) >= 11 is 0. The number of carbonyl (C=O) groups is 1. The summed E-state index contributed by atoms with van der Waals surface area (Å²) in [5, 5.41) is 15.0. The van der Waals surface area contributed by atoms with Gasteiger partial charge in [-0.1, -0.05) is 32.3 Å². The molecule has 0 radical (unpaired) electrons. The maximum Gasteiger partial charge on any atom is 0.341 e. The molecule has 0 atom stereocenters. The van der Waals surface area contributed by atoms with Crippen LogP contribution in [0.1, 0.15) is 66.8 Å². The number of fused-ring (bicyclic) bond motifs is 2. The lowest BCUT2D eigenvalue weighted by Crippen LogP contribution is -2.13. The van der Waals surface area contributed by atoms with Gasteiger partial charge in [0.1, 0.15) is 16.9 Å². The lowest BCUT2D eigenvalue weighted by molar-refractivity contribution is 0.0698. The van der Waals surface area contributed by atoms with E-state index in [4.69, 9.17) is 4.42 Å². The number of hydrogen-bond acceptors (Lipinski definition) is 4. The largest absolute Gasteiger partial charge is 0.477 e. The number of hydrogen-bond donors (Lipinski definition) is 1. The van der Waals surface area contributed by atoms with Crippen LogP contribution in [0.5, 0.6) is 0 Å². The van der Waals surface area contributed by atoms with E-state index in [0.717, 1.165) is 52.8 Å². The molecule has 1 aliphatic rings. The second-order valence-electron chi connectivity index (χ2n) is 7.81. The molecule has 5 rings (SSSR count). The molecule has 29 heavy (non-hydrogen) atoms. The summed E-state index contributed by atoms with van der Waals surface area (Å²) < 4.78 is 7.61. The number of rotatable bonds is 4. The Morgan fingerprint density at radius 3 is 2.79 bits per heavy atom. The molecule has 1 fully saturated rings. The molecule has 6 heteroatoms. The van der Waals surface area contributed by atoms with E-state index >= 15 is 0 Å². The minimum Gasteiger partial charge on any atom is -0.477 e. The van der Waals surface area contributed by atoms with Crippen molar-refractivity contribution in [3.63, 3.8) is 0 Å². The molecule has 3 heterocycles. The Bertz CT molecular complexity index is 1220. The van der Waals surface area contributed by atoms with E-state index in [1.54, 1.807) is 4.52 Å². The van der Waals surface area contributed by atoms with Crippen LogP contribution < -0.4 is 0 Å². The van der Waals surface area contributed by atoms with Crippen LogP contribution in [0, 0.1) is 0 Å². The Morgan fingerprint density at radius 2 is 2.03 bits per heavy atom. The predicted molar refractivity (Wildman–Crippen MR) is 110 cm³/mol. The van der Waals surface area contributed by atoms with E-state index in [-0.39, 0.29) is 5.56 Å². The normalized spacial score (nSPS) is 15.3. The third-order valence-electron chi connectivity index (χ3n) is 6.01. The molecule has 1 aliphatic carbocycles. The van der Waals surface area contributed by atoms with Gasteiger partial charge in [0.15, 0.2) is 5.65 Å². The molecule has 1 saturated carbocycles. The third kappa shape index (κ3) is 2.99. The highest BCUT2D eigenvalue weighted by Gasteiger charge is 2.25. The second kappa shape index (κ2) is 7.03. The highest BCUT2D eigenvalue weighted by molar-refractivity contribution is 5.94. The standard InChI is InChI=1S/C23H23N3O3/c1-2-17-11-16-10-15(8-9-20(16)29-17)18-12-24-22-19(23(27)28)13-25-26(22)21(18)14-6-4-3-5-7-14/h8-14H,2-7H2,1H3,(H,27,28). The second-order valence-corrected chi connectivity index (χ2v) is 7.81. The summed E-state index contributed by atoms with van der Waals surface area (Å²) in [7, 11) is 0. The van der Waals surface area contributed by atoms with Gasteiger partial charge in [-0.25, -0.2) is 14.3 Å². The molecule has 148 valence electrons. The Labute approximate surface area is 168 Å². The first-order valence-corrected chi connectivity index (χ1v) is 10.3. The summed E-state index contributed by atoms with van der Waals surface area (Å²) in [6.07, 6.45) is 9.87. The van der Waals surface area contributed by atoms with Gasteiger partial charge in [-0.15, -0.1) is 0 Å². The highest BCUT2D eigenvalue weighted by atomic mass is 16.4. The highest BCUT2D eigenvalue weighted by Crippen LogP contribution is 2.39. The first-order chi connectivity index (χ1) is 14.2. The molecule has 4 aromatic rings. The van der Waals surface area contributed by atoms with Gasteiger partial charge in [-0.05, 0) is 36.6 Å². The molecular formula is C23H23N3O3. The monoisotopic (exact) mass is 389 g/mol. The van der Waals surface area contributed by atoms with Crippen molar-refractivity contribution in [1.82, 2.24) is 14.6 Å². The molecule has 1 N–H and O–H groups in total. The van der Waals surface area contributed by atoms with Gasteiger partial charge in [0, 0.05) is 29.5 Å². The summed E-state index contributed by atoms with van der Waals surface area (Å²) in [6.45, 7) is 2.08. The molecule has 1 aromatic carbocycles. The van der Waals surface area contributed by atoms with E-state index < -0.39 is 5.97 Å². The van der Waals surface area contributed by atoms with Crippen LogP contribution in [-0.2, 0) is 6.42 Å². The van der Waals surface area contributed by atoms with Gasteiger partial charge in [0.2, 0.25) is 0 Å².